The maximum Gasteiger partial charge on any atom is 0.240 e. The fourth-order valence-corrected chi connectivity index (χ4v) is 3.28. The monoisotopic (exact) mass is 373 g/mol. The van der Waals surface area contributed by atoms with Crippen LogP contribution in [0.15, 0.2) is 46.3 Å². The summed E-state index contributed by atoms with van der Waals surface area (Å²) >= 11 is 3.29. The van der Waals surface area contributed by atoms with Crippen LogP contribution in [0.1, 0.15) is 6.42 Å². The van der Waals surface area contributed by atoms with E-state index in [-0.39, 0.29) is 4.90 Å². The average Bonchev–Trinajstić information content (AvgIpc) is 2.97. The van der Waals surface area contributed by atoms with E-state index in [4.69, 9.17) is 4.74 Å². The van der Waals surface area contributed by atoms with E-state index in [1.807, 2.05) is 10.8 Å². The predicted octanol–water partition coefficient (Wildman–Crippen LogP) is 2.02. The minimum Gasteiger partial charge on any atom is -0.496 e. The van der Waals surface area contributed by atoms with Crippen LogP contribution in [0.25, 0.3) is 0 Å². The summed E-state index contributed by atoms with van der Waals surface area (Å²) < 4.78 is 34.6. The van der Waals surface area contributed by atoms with Gasteiger partial charge >= 0.3 is 0 Å². The fraction of sp³-hybridized carbons (Fsp3) is 0.308. The average molecular weight is 374 g/mol. The number of sulfonamides is 1. The van der Waals surface area contributed by atoms with Gasteiger partial charge in [0.25, 0.3) is 0 Å². The molecule has 2 aromatic rings. The maximum absolute atomic E-state index is 12.2. The summed E-state index contributed by atoms with van der Waals surface area (Å²) in [5, 5.41) is 0. The van der Waals surface area contributed by atoms with Gasteiger partial charge in [-0.3, -0.25) is 0 Å². The summed E-state index contributed by atoms with van der Waals surface area (Å²) in [7, 11) is -2.03. The molecule has 2 rings (SSSR count). The third-order valence-corrected chi connectivity index (χ3v) is 4.99. The Morgan fingerprint density at radius 3 is 2.90 bits per heavy atom. The molecule has 8 heteroatoms. The highest BCUT2D eigenvalue weighted by atomic mass is 79.9. The van der Waals surface area contributed by atoms with Crippen LogP contribution >= 0.6 is 15.9 Å². The van der Waals surface area contributed by atoms with Crippen LogP contribution < -0.4 is 9.46 Å². The lowest BCUT2D eigenvalue weighted by atomic mass is 10.3. The number of aryl methyl sites for hydroxylation is 1. The number of aromatic nitrogens is 2. The Morgan fingerprint density at radius 1 is 1.43 bits per heavy atom. The molecule has 0 aliphatic rings. The summed E-state index contributed by atoms with van der Waals surface area (Å²) in [4.78, 5) is 4.12. The van der Waals surface area contributed by atoms with Gasteiger partial charge in [-0.15, -0.1) is 0 Å². The minimum atomic E-state index is -3.53. The molecule has 0 spiro atoms. The molecule has 0 aliphatic carbocycles. The molecule has 0 radical (unpaired) electrons. The SMILES string of the molecule is COc1cc(S(=O)(=O)NCCCn2ccnc2)ccc1Br. The number of nitrogens with one attached hydrogen (secondary N) is 1. The standard InChI is InChI=1S/C13H16BrN3O3S/c1-20-13-9-11(3-4-12(13)14)21(18,19)16-5-2-7-17-8-6-15-10-17/h3-4,6,8-10,16H,2,5,7H2,1H3. The van der Waals surface area contributed by atoms with Crippen LogP contribution in [0.5, 0.6) is 5.75 Å². The lowest BCUT2D eigenvalue weighted by molar-refractivity contribution is 0.410. The smallest absolute Gasteiger partial charge is 0.240 e. The van der Waals surface area contributed by atoms with Crippen LogP contribution in [-0.4, -0.2) is 31.6 Å². The first-order chi connectivity index (χ1) is 10.0. The molecule has 0 saturated heterocycles. The number of hydrogen-bond donors (Lipinski definition) is 1. The molecule has 114 valence electrons. The van der Waals surface area contributed by atoms with Gasteiger partial charge in [-0.2, -0.15) is 0 Å². The van der Waals surface area contributed by atoms with Crippen molar-refractivity contribution in [2.75, 3.05) is 13.7 Å². The number of imidazole rings is 1. The van der Waals surface area contributed by atoms with Crippen LogP contribution in [0.3, 0.4) is 0 Å². The van der Waals surface area contributed by atoms with Gasteiger partial charge < -0.3 is 9.30 Å². The van der Waals surface area contributed by atoms with Crippen molar-refractivity contribution in [2.24, 2.45) is 0 Å². The quantitative estimate of drug-likeness (QED) is 0.753. The highest BCUT2D eigenvalue weighted by Crippen LogP contribution is 2.27. The van der Waals surface area contributed by atoms with Crippen molar-refractivity contribution in [1.29, 1.82) is 0 Å². The summed E-state index contributed by atoms with van der Waals surface area (Å²) in [5.74, 6) is 0.483. The van der Waals surface area contributed by atoms with E-state index in [0.717, 1.165) is 0 Å². The van der Waals surface area contributed by atoms with E-state index >= 15 is 0 Å². The Morgan fingerprint density at radius 2 is 2.24 bits per heavy atom. The number of halogens is 1. The van der Waals surface area contributed by atoms with E-state index < -0.39 is 10.0 Å². The van der Waals surface area contributed by atoms with Crippen molar-refractivity contribution >= 4 is 26.0 Å². The van der Waals surface area contributed by atoms with E-state index in [1.165, 1.54) is 19.2 Å². The largest absolute Gasteiger partial charge is 0.496 e. The number of methoxy groups -OCH3 is 1. The second-order valence-corrected chi connectivity index (χ2v) is 6.97. The predicted molar refractivity (Wildman–Crippen MR) is 82.7 cm³/mol. The number of ether oxygens (including phenoxy) is 1. The zero-order chi connectivity index (χ0) is 15.3. The highest BCUT2D eigenvalue weighted by molar-refractivity contribution is 9.10. The molecule has 0 unspecified atom stereocenters. The van der Waals surface area contributed by atoms with Gasteiger partial charge in [0.15, 0.2) is 0 Å². The van der Waals surface area contributed by atoms with Gasteiger partial charge in [-0.25, -0.2) is 18.1 Å². The molecular weight excluding hydrogens is 358 g/mol. The maximum atomic E-state index is 12.2. The van der Waals surface area contributed by atoms with Crippen molar-refractivity contribution < 1.29 is 13.2 Å². The highest BCUT2D eigenvalue weighted by Gasteiger charge is 2.15. The molecule has 0 bridgehead atoms. The Labute approximate surface area is 132 Å². The fourth-order valence-electron chi connectivity index (χ4n) is 1.78. The van der Waals surface area contributed by atoms with Crippen LogP contribution in [0.4, 0.5) is 0 Å². The van der Waals surface area contributed by atoms with E-state index in [2.05, 4.69) is 25.6 Å². The molecule has 0 amide bonds. The molecule has 1 aromatic carbocycles. The van der Waals surface area contributed by atoms with Crippen LogP contribution in [0.2, 0.25) is 0 Å². The van der Waals surface area contributed by atoms with Crippen molar-refractivity contribution in [3.8, 4) is 5.75 Å². The molecule has 1 aromatic heterocycles. The summed E-state index contributed by atoms with van der Waals surface area (Å²) in [6.07, 6.45) is 5.92. The van der Waals surface area contributed by atoms with E-state index in [1.54, 1.807) is 18.6 Å². The second-order valence-electron chi connectivity index (χ2n) is 4.35. The Bertz CT molecular complexity index is 687. The molecule has 0 aliphatic heterocycles. The lowest BCUT2D eigenvalue weighted by Crippen LogP contribution is -2.25. The first kappa shape index (κ1) is 16.0. The third-order valence-electron chi connectivity index (χ3n) is 2.88. The molecule has 0 saturated carbocycles. The summed E-state index contributed by atoms with van der Waals surface area (Å²) in [6.45, 7) is 1.07. The Kier molecular flexibility index (Phi) is 5.38. The van der Waals surface area contributed by atoms with E-state index in [0.29, 0.717) is 29.7 Å². The summed E-state index contributed by atoms with van der Waals surface area (Å²) in [6, 6.07) is 4.67. The number of hydrogen-bond acceptors (Lipinski definition) is 4. The molecule has 0 atom stereocenters. The normalized spacial score (nSPS) is 11.5. The van der Waals surface area contributed by atoms with Crippen molar-refractivity contribution in [3.63, 3.8) is 0 Å². The summed E-state index contributed by atoms with van der Waals surface area (Å²) in [5.41, 5.74) is 0. The van der Waals surface area contributed by atoms with Gasteiger partial charge in [-0.05, 0) is 34.5 Å². The molecule has 6 nitrogen and oxygen atoms in total. The van der Waals surface area contributed by atoms with Gasteiger partial charge in [0.2, 0.25) is 10.0 Å². The molecule has 0 fully saturated rings. The van der Waals surface area contributed by atoms with Gasteiger partial charge in [0, 0.05) is 31.5 Å². The lowest BCUT2D eigenvalue weighted by Gasteiger charge is -2.09. The second kappa shape index (κ2) is 7.06. The van der Waals surface area contributed by atoms with Gasteiger partial charge in [0.1, 0.15) is 5.75 Å². The molecular formula is C13H16BrN3O3S. The molecule has 21 heavy (non-hydrogen) atoms. The topological polar surface area (TPSA) is 73.2 Å². The Balaban J connectivity index is 1.95. The van der Waals surface area contributed by atoms with E-state index in [9.17, 15) is 8.42 Å². The zero-order valence-electron chi connectivity index (χ0n) is 11.5. The van der Waals surface area contributed by atoms with Crippen LogP contribution in [0, 0.1) is 0 Å². The van der Waals surface area contributed by atoms with Gasteiger partial charge in [0.05, 0.1) is 22.8 Å². The van der Waals surface area contributed by atoms with Gasteiger partial charge in [-0.1, -0.05) is 0 Å². The van der Waals surface area contributed by atoms with Crippen molar-refractivity contribution in [2.45, 2.75) is 17.9 Å². The first-order valence-corrected chi connectivity index (χ1v) is 8.59. The zero-order valence-corrected chi connectivity index (χ0v) is 13.9. The van der Waals surface area contributed by atoms with Crippen molar-refractivity contribution in [3.05, 3.63) is 41.4 Å². The Hall–Kier alpha value is -1.38. The number of rotatable bonds is 7. The van der Waals surface area contributed by atoms with Crippen LogP contribution in [-0.2, 0) is 16.6 Å². The molecule has 1 heterocycles. The number of benzene rings is 1. The third kappa shape index (κ3) is 4.29. The number of nitrogens with zero attached hydrogens (tertiary/aromatic N) is 2. The minimum absolute atomic E-state index is 0.185. The first-order valence-electron chi connectivity index (χ1n) is 6.32. The van der Waals surface area contributed by atoms with Crippen molar-refractivity contribution in [1.82, 2.24) is 14.3 Å². The molecule has 1 N–H and O–H groups in total.